The Bertz CT molecular complexity index is 1020. The van der Waals surface area contributed by atoms with Crippen molar-refractivity contribution in [2.24, 2.45) is 0 Å². The molecule has 0 fully saturated rings. The highest BCUT2D eigenvalue weighted by atomic mass is 16.5. The Kier molecular flexibility index (Phi) is 7.21. The topological polar surface area (TPSA) is 72.8 Å². The van der Waals surface area contributed by atoms with Crippen molar-refractivity contribution < 1.29 is 24.2 Å². The average molecular weight is 418 g/mol. The van der Waals surface area contributed by atoms with Crippen LogP contribution in [0.15, 0.2) is 60.7 Å². The number of rotatable bonds is 7. The predicted octanol–water partition coefficient (Wildman–Crippen LogP) is 5.17. The third-order valence-electron chi connectivity index (χ3n) is 5.08. The Morgan fingerprint density at radius 2 is 1.16 bits per heavy atom. The van der Waals surface area contributed by atoms with Crippen molar-refractivity contribution in [3.8, 4) is 22.3 Å². The van der Waals surface area contributed by atoms with Gasteiger partial charge in [0.25, 0.3) is 0 Å². The quantitative estimate of drug-likeness (QED) is 0.536. The molecule has 31 heavy (non-hydrogen) atoms. The molecule has 0 unspecified atom stereocenters. The van der Waals surface area contributed by atoms with Gasteiger partial charge in [0, 0.05) is 0 Å². The van der Waals surface area contributed by atoms with Crippen LogP contribution in [0.25, 0.3) is 22.3 Å². The second-order valence-electron chi connectivity index (χ2n) is 7.01. The maximum absolute atomic E-state index is 12.5. The van der Waals surface area contributed by atoms with Gasteiger partial charge in [-0.25, -0.2) is 9.59 Å². The molecular formula is C26H26O5. The summed E-state index contributed by atoms with van der Waals surface area (Å²) in [6.07, 6.45) is 0. The van der Waals surface area contributed by atoms with Gasteiger partial charge in [0.15, 0.2) is 0 Å². The summed E-state index contributed by atoms with van der Waals surface area (Å²) in [7, 11) is 0. The van der Waals surface area contributed by atoms with Crippen LogP contribution >= 0.6 is 0 Å². The highest BCUT2D eigenvalue weighted by Gasteiger charge is 2.20. The SMILES string of the molecule is CCOC(=O)c1ccccc1-c1cc(CO)cc(-c2ccccc2C(=O)OCC)c1C. The van der Waals surface area contributed by atoms with Crippen LogP contribution in [0, 0.1) is 6.92 Å². The number of aliphatic hydroxyl groups is 1. The normalized spacial score (nSPS) is 10.6. The Labute approximate surface area is 182 Å². The van der Waals surface area contributed by atoms with E-state index in [1.165, 1.54) is 0 Å². The highest BCUT2D eigenvalue weighted by molar-refractivity contribution is 6.01. The molecule has 0 aliphatic heterocycles. The smallest absolute Gasteiger partial charge is 0.338 e. The summed E-state index contributed by atoms with van der Waals surface area (Å²) in [6.45, 7) is 5.85. The first-order valence-corrected chi connectivity index (χ1v) is 10.3. The largest absolute Gasteiger partial charge is 0.462 e. The second kappa shape index (κ2) is 10.0. The summed E-state index contributed by atoms with van der Waals surface area (Å²) in [5.74, 6) is -0.805. The molecule has 160 valence electrons. The van der Waals surface area contributed by atoms with Gasteiger partial charge in [-0.1, -0.05) is 36.4 Å². The molecular weight excluding hydrogens is 392 g/mol. The van der Waals surface area contributed by atoms with Crippen molar-refractivity contribution in [1.29, 1.82) is 0 Å². The number of carbonyl (C=O) groups is 2. The molecule has 0 aliphatic rings. The number of carbonyl (C=O) groups excluding carboxylic acids is 2. The summed E-state index contributed by atoms with van der Waals surface area (Å²) in [6, 6.07) is 18.2. The van der Waals surface area contributed by atoms with Gasteiger partial charge in [0.2, 0.25) is 0 Å². The van der Waals surface area contributed by atoms with E-state index in [1.54, 1.807) is 38.1 Å². The molecule has 3 aromatic rings. The zero-order chi connectivity index (χ0) is 22.4. The second-order valence-corrected chi connectivity index (χ2v) is 7.01. The fourth-order valence-corrected chi connectivity index (χ4v) is 3.63. The molecule has 1 N–H and O–H groups in total. The van der Waals surface area contributed by atoms with Crippen LogP contribution in [-0.2, 0) is 16.1 Å². The van der Waals surface area contributed by atoms with Crippen LogP contribution in [0.4, 0.5) is 0 Å². The third kappa shape index (κ3) is 4.67. The maximum atomic E-state index is 12.5. The lowest BCUT2D eigenvalue weighted by Gasteiger charge is -2.18. The van der Waals surface area contributed by atoms with E-state index < -0.39 is 11.9 Å². The molecule has 0 radical (unpaired) electrons. The van der Waals surface area contributed by atoms with Crippen LogP contribution in [0.1, 0.15) is 45.7 Å². The lowest BCUT2D eigenvalue weighted by molar-refractivity contribution is 0.0517. The van der Waals surface area contributed by atoms with Crippen molar-refractivity contribution in [3.05, 3.63) is 82.9 Å². The molecule has 0 saturated carbocycles. The van der Waals surface area contributed by atoms with Gasteiger partial charge in [-0.3, -0.25) is 0 Å². The molecule has 0 saturated heterocycles. The van der Waals surface area contributed by atoms with Crippen LogP contribution in [-0.4, -0.2) is 30.3 Å². The minimum atomic E-state index is -0.402. The monoisotopic (exact) mass is 418 g/mol. The summed E-state index contributed by atoms with van der Waals surface area (Å²) in [4.78, 5) is 25.1. The Hall–Kier alpha value is -3.44. The molecule has 0 bridgehead atoms. The maximum Gasteiger partial charge on any atom is 0.338 e. The molecule has 0 aromatic heterocycles. The predicted molar refractivity (Wildman–Crippen MR) is 120 cm³/mol. The first kappa shape index (κ1) is 22.2. The third-order valence-corrected chi connectivity index (χ3v) is 5.08. The zero-order valence-corrected chi connectivity index (χ0v) is 18.0. The Morgan fingerprint density at radius 3 is 1.55 bits per heavy atom. The lowest BCUT2D eigenvalue weighted by atomic mass is 9.87. The van der Waals surface area contributed by atoms with Crippen LogP contribution in [0.2, 0.25) is 0 Å². The molecule has 0 amide bonds. The van der Waals surface area contributed by atoms with Crippen molar-refractivity contribution in [3.63, 3.8) is 0 Å². The van der Waals surface area contributed by atoms with Crippen LogP contribution in [0.5, 0.6) is 0 Å². The van der Waals surface area contributed by atoms with Crippen molar-refractivity contribution in [2.45, 2.75) is 27.4 Å². The van der Waals surface area contributed by atoms with E-state index in [9.17, 15) is 14.7 Å². The Morgan fingerprint density at radius 1 is 0.742 bits per heavy atom. The molecule has 5 nitrogen and oxygen atoms in total. The molecule has 3 aromatic carbocycles. The van der Waals surface area contributed by atoms with Crippen LogP contribution < -0.4 is 0 Å². The van der Waals surface area contributed by atoms with E-state index in [-0.39, 0.29) is 19.8 Å². The van der Waals surface area contributed by atoms with E-state index in [4.69, 9.17) is 9.47 Å². The number of benzene rings is 3. The first-order chi connectivity index (χ1) is 15.0. The molecule has 0 aliphatic carbocycles. The molecule has 0 atom stereocenters. The van der Waals surface area contributed by atoms with Gasteiger partial charge in [-0.15, -0.1) is 0 Å². The number of hydrogen-bond acceptors (Lipinski definition) is 5. The van der Waals surface area contributed by atoms with Crippen molar-refractivity contribution in [1.82, 2.24) is 0 Å². The van der Waals surface area contributed by atoms with Gasteiger partial charge in [0.05, 0.1) is 30.9 Å². The van der Waals surface area contributed by atoms with Gasteiger partial charge >= 0.3 is 11.9 Å². The summed E-state index contributed by atoms with van der Waals surface area (Å²) >= 11 is 0. The molecule has 5 heteroatoms. The van der Waals surface area contributed by atoms with Gasteiger partial charge < -0.3 is 14.6 Å². The molecule has 0 spiro atoms. The Balaban J connectivity index is 2.25. The average Bonchev–Trinajstić information content (AvgIpc) is 2.79. The molecule has 0 heterocycles. The first-order valence-electron chi connectivity index (χ1n) is 10.3. The zero-order valence-electron chi connectivity index (χ0n) is 18.0. The van der Waals surface area contributed by atoms with Gasteiger partial charge in [0.1, 0.15) is 0 Å². The highest BCUT2D eigenvalue weighted by Crippen LogP contribution is 2.36. The van der Waals surface area contributed by atoms with Crippen molar-refractivity contribution >= 4 is 11.9 Å². The van der Waals surface area contributed by atoms with E-state index in [1.807, 2.05) is 43.3 Å². The number of esters is 2. The number of aliphatic hydroxyl groups excluding tert-OH is 1. The van der Waals surface area contributed by atoms with E-state index in [0.29, 0.717) is 27.8 Å². The van der Waals surface area contributed by atoms with Crippen molar-refractivity contribution in [2.75, 3.05) is 13.2 Å². The number of ether oxygens (including phenoxy) is 2. The fraction of sp³-hybridized carbons (Fsp3) is 0.231. The minimum absolute atomic E-state index is 0.177. The fourth-order valence-electron chi connectivity index (χ4n) is 3.63. The standard InChI is InChI=1S/C26H26O5/c1-4-30-25(28)21-12-8-6-10-19(21)23-14-18(16-27)15-24(17(23)3)20-11-7-9-13-22(20)26(29)31-5-2/h6-15,27H,4-5,16H2,1-3H3. The van der Waals surface area contributed by atoms with E-state index in [0.717, 1.165) is 16.7 Å². The van der Waals surface area contributed by atoms with E-state index >= 15 is 0 Å². The summed E-state index contributed by atoms with van der Waals surface area (Å²) in [5.41, 5.74) is 5.47. The van der Waals surface area contributed by atoms with Crippen LogP contribution in [0.3, 0.4) is 0 Å². The summed E-state index contributed by atoms with van der Waals surface area (Å²) < 4.78 is 10.5. The van der Waals surface area contributed by atoms with Gasteiger partial charge in [-0.05, 0) is 78.4 Å². The minimum Gasteiger partial charge on any atom is -0.462 e. The summed E-state index contributed by atoms with van der Waals surface area (Å²) in [5, 5.41) is 9.91. The lowest BCUT2D eigenvalue weighted by Crippen LogP contribution is -2.08. The number of hydrogen-bond donors (Lipinski definition) is 1. The molecule has 3 rings (SSSR count). The van der Waals surface area contributed by atoms with Gasteiger partial charge in [-0.2, -0.15) is 0 Å². The van der Waals surface area contributed by atoms with E-state index in [2.05, 4.69) is 0 Å².